The number of hydrogen-bond acceptors (Lipinski definition) is 0. The van der Waals surface area contributed by atoms with E-state index in [4.69, 9.17) is 23.2 Å². The summed E-state index contributed by atoms with van der Waals surface area (Å²) in [6.07, 6.45) is 3.57. The summed E-state index contributed by atoms with van der Waals surface area (Å²) < 4.78 is 0. The Morgan fingerprint density at radius 3 is 2.40 bits per heavy atom. The van der Waals surface area contributed by atoms with Gasteiger partial charge in [0.15, 0.2) is 0 Å². The van der Waals surface area contributed by atoms with Crippen molar-refractivity contribution in [3.8, 4) is 0 Å². The van der Waals surface area contributed by atoms with Crippen molar-refractivity contribution < 1.29 is 0 Å². The molecule has 82 valence electrons. The zero-order chi connectivity index (χ0) is 10.8. The van der Waals surface area contributed by atoms with E-state index >= 15 is 0 Å². The van der Waals surface area contributed by atoms with Crippen molar-refractivity contribution in [2.75, 3.05) is 0 Å². The van der Waals surface area contributed by atoms with Gasteiger partial charge in [-0.3, -0.25) is 0 Å². The molecule has 0 heterocycles. The molecule has 3 unspecified atom stereocenters. The molecule has 0 aliphatic heterocycles. The number of rotatable bonds is 2. The van der Waals surface area contributed by atoms with E-state index < -0.39 is 0 Å². The summed E-state index contributed by atoms with van der Waals surface area (Å²) in [5.74, 6) is 1.39. The van der Waals surface area contributed by atoms with Crippen molar-refractivity contribution in [2.45, 2.75) is 31.6 Å². The number of alkyl halides is 1. The predicted octanol–water partition coefficient (Wildman–Crippen LogP) is 4.54. The number of hydrogen-bond donors (Lipinski definition) is 0. The highest BCUT2D eigenvalue weighted by molar-refractivity contribution is 6.30. The van der Waals surface area contributed by atoms with E-state index in [9.17, 15) is 0 Å². The average molecular weight is 243 g/mol. The van der Waals surface area contributed by atoms with E-state index in [0.717, 1.165) is 17.4 Å². The molecule has 0 nitrogen and oxygen atoms in total. The second-order valence-corrected chi connectivity index (χ2v) is 5.54. The third kappa shape index (κ3) is 2.68. The first-order valence-corrected chi connectivity index (χ1v) is 6.37. The van der Waals surface area contributed by atoms with Gasteiger partial charge in [-0.25, -0.2) is 0 Å². The molecule has 15 heavy (non-hydrogen) atoms. The molecular weight excluding hydrogens is 227 g/mol. The lowest BCUT2D eigenvalue weighted by Gasteiger charge is -2.16. The minimum Gasteiger partial charge on any atom is -0.123 e. The van der Waals surface area contributed by atoms with Gasteiger partial charge >= 0.3 is 0 Å². The molecule has 0 bridgehead atoms. The van der Waals surface area contributed by atoms with Crippen LogP contribution in [0, 0.1) is 11.8 Å². The molecule has 0 saturated heterocycles. The van der Waals surface area contributed by atoms with Gasteiger partial charge in [-0.15, -0.1) is 11.6 Å². The Morgan fingerprint density at radius 2 is 1.87 bits per heavy atom. The van der Waals surface area contributed by atoms with Crippen LogP contribution in [0.1, 0.15) is 25.3 Å². The standard InChI is InChI=1S/C13H16Cl2/c1-9-11(4-7-13(9)15)8-10-2-5-12(14)6-3-10/h2-3,5-6,9,11,13H,4,7-8H2,1H3. The molecule has 1 aromatic carbocycles. The van der Waals surface area contributed by atoms with Crippen LogP contribution in [-0.2, 0) is 6.42 Å². The fourth-order valence-electron chi connectivity index (χ4n) is 2.41. The summed E-state index contributed by atoms with van der Waals surface area (Å²) in [6.45, 7) is 2.27. The Balaban J connectivity index is 2.00. The van der Waals surface area contributed by atoms with Gasteiger partial charge < -0.3 is 0 Å². The van der Waals surface area contributed by atoms with Crippen molar-refractivity contribution in [1.29, 1.82) is 0 Å². The fraction of sp³-hybridized carbons (Fsp3) is 0.538. The van der Waals surface area contributed by atoms with E-state index in [0.29, 0.717) is 11.3 Å². The summed E-state index contributed by atoms with van der Waals surface area (Å²) in [5.41, 5.74) is 1.38. The Kier molecular flexibility index (Phi) is 3.58. The SMILES string of the molecule is CC1C(Cl)CCC1Cc1ccc(Cl)cc1. The quantitative estimate of drug-likeness (QED) is 0.669. The van der Waals surface area contributed by atoms with Crippen LogP contribution in [0.15, 0.2) is 24.3 Å². The predicted molar refractivity (Wildman–Crippen MR) is 66.7 cm³/mol. The van der Waals surface area contributed by atoms with Gasteiger partial charge in [-0.05, 0) is 48.8 Å². The molecule has 1 aromatic rings. The molecule has 0 N–H and O–H groups in total. The maximum atomic E-state index is 6.23. The van der Waals surface area contributed by atoms with Crippen LogP contribution in [0.5, 0.6) is 0 Å². The van der Waals surface area contributed by atoms with E-state index in [-0.39, 0.29) is 0 Å². The summed E-state index contributed by atoms with van der Waals surface area (Å²) in [4.78, 5) is 0. The number of benzene rings is 1. The van der Waals surface area contributed by atoms with Crippen LogP contribution in [0.25, 0.3) is 0 Å². The van der Waals surface area contributed by atoms with Crippen molar-refractivity contribution in [1.82, 2.24) is 0 Å². The Hall–Kier alpha value is -0.200. The van der Waals surface area contributed by atoms with E-state index in [2.05, 4.69) is 19.1 Å². The summed E-state index contributed by atoms with van der Waals surface area (Å²) >= 11 is 12.1. The molecule has 1 saturated carbocycles. The van der Waals surface area contributed by atoms with Gasteiger partial charge in [0.2, 0.25) is 0 Å². The van der Waals surface area contributed by atoms with Gasteiger partial charge in [-0.1, -0.05) is 30.7 Å². The fourth-order valence-corrected chi connectivity index (χ4v) is 2.86. The molecule has 2 heteroatoms. The topological polar surface area (TPSA) is 0 Å². The normalized spacial score (nSPS) is 30.7. The first-order valence-electron chi connectivity index (χ1n) is 5.55. The van der Waals surface area contributed by atoms with Crippen LogP contribution in [0.2, 0.25) is 5.02 Å². The smallest absolute Gasteiger partial charge is 0.0406 e. The maximum Gasteiger partial charge on any atom is 0.0406 e. The van der Waals surface area contributed by atoms with Crippen LogP contribution < -0.4 is 0 Å². The summed E-state index contributed by atoms with van der Waals surface area (Å²) in [5, 5.41) is 1.19. The van der Waals surface area contributed by atoms with Gasteiger partial charge in [0.05, 0.1) is 0 Å². The van der Waals surface area contributed by atoms with Crippen LogP contribution >= 0.6 is 23.2 Å². The molecule has 1 aliphatic carbocycles. The minimum absolute atomic E-state index is 0.377. The van der Waals surface area contributed by atoms with Crippen molar-refractivity contribution in [3.05, 3.63) is 34.9 Å². The van der Waals surface area contributed by atoms with E-state index in [1.165, 1.54) is 18.4 Å². The molecule has 1 fully saturated rings. The third-order valence-corrected chi connectivity index (χ3v) is 4.41. The Morgan fingerprint density at radius 1 is 1.20 bits per heavy atom. The molecule has 0 radical (unpaired) electrons. The molecule has 2 rings (SSSR count). The van der Waals surface area contributed by atoms with Gasteiger partial charge in [0.1, 0.15) is 0 Å². The monoisotopic (exact) mass is 242 g/mol. The first kappa shape index (κ1) is 11.3. The number of halogens is 2. The first-order chi connectivity index (χ1) is 7.16. The molecule has 0 aromatic heterocycles. The van der Waals surface area contributed by atoms with E-state index in [1.54, 1.807) is 0 Å². The molecule has 0 amide bonds. The minimum atomic E-state index is 0.377. The van der Waals surface area contributed by atoms with Crippen LogP contribution in [-0.4, -0.2) is 5.38 Å². The van der Waals surface area contributed by atoms with E-state index in [1.807, 2.05) is 12.1 Å². The Labute approximate surface area is 102 Å². The summed E-state index contributed by atoms with van der Waals surface area (Å²) in [6, 6.07) is 8.18. The van der Waals surface area contributed by atoms with Gasteiger partial charge in [-0.2, -0.15) is 0 Å². The lowest BCUT2D eigenvalue weighted by molar-refractivity contribution is 0.420. The lowest BCUT2D eigenvalue weighted by Crippen LogP contribution is -2.13. The van der Waals surface area contributed by atoms with Crippen molar-refractivity contribution in [2.24, 2.45) is 11.8 Å². The third-order valence-electron chi connectivity index (χ3n) is 3.54. The zero-order valence-corrected chi connectivity index (χ0v) is 10.4. The molecule has 0 spiro atoms. The van der Waals surface area contributed by atoms with Gasteiger partial charge in [0, 0.05) is 10.4 Å². The lowest BCUT2D eigenvalue weighted by atomic mass is 9.91. The second-order valence-electron chi connectivity index (χ2n) is 4.54. The average Bonchev–Trinajstić information content (AvgIpc) is 2.53. The molecule has 1 aliphatic rings. The zero-order valence-electron chi connectivity index (χ0n) is 8.92. The second kappa shape index (κ2) is 4.76. The molecular formula is C13H16Cl2. The molecule has 3 atom stereocenters. The Bertz CT molecular complexity index is 318. The van der Waals surface area contributed by atoms with Crippen molar-refractivity contribution >= 4 is 23.2 Å². The van der Waals surface area contributed by atoms with Crippen molar-refractivity contribution in [3.63, 3.8) is 0 Å². The highest BCUT2D eigenvalue weighted by Gasteiger charge is 2.30. The maximum absolute atomic E-state index is 6.23. The highest BCUT2D eigenvalue weighted by Crippen LogP contribution is 2.37. The van der Waals surface area contributed by atoms with Crippen LogP contribution in [0.4, 0.5) is 0 Å². The largest absolute Gasteiger partial charge is 0.123 e. The highest BCUT2D eigenvalue weighted by atomic mass is 35.5. The summed E-state index contributed by atoms with van der Waals surface area (Å²) in [7, 11) is 0. The van der Waals surface area contributed by atoms with Gasteiger partial charge in [0.25, 0.3) is 0 Å². The van der Waals surface area contributed by atoms with Crippen LogP contribution in [0.3, 0.4) is 0 Å².